The van der Waals surface area contributed by atoms with E-state index < -0.39 is 0 Å². The molecule has 1 aliphatic heterocycles. The van der Waals surface area contributed by atoms with E-state index in [4.69, 9.17) is 0 Å². The SMILES string of the molecule is CN(CC1CCCNC1)c1ccnc2ccccc12. The van der Waals surface area contributed by atoms with Crippen molar-refractivity contribution < 1.29 is 0 Å². The molecule has 1 aromatic heterocycles. The molecule has 1 aliphatic rings. The van der Waals surface area contributed by atoms with Crippen molar-refractivity contribution in [2.45, 2.75) is 12.8 Å². The first kappa shape index (κ1) is 12.4. The average Bonchev–Trinajstić information content (AvgIpc) is 2.47. The Balaban J connectivity index is 1.82. The van der Waals surface area contributed by atoms with Crippen LogP contribution in [-0.4, -0.2) is 31.7 Å². The predicted molar refractivity (Wildman–Crippen MR) is 80.6 cm³/mol. The molecule has 2 aromatic rings. The van der Waals surface area contributed by atoms with Crippen molar-refractivity contribution in [3.8, 4) is 0 Å². The second-order valence-corrected chi connectivity index (χ2v) is 5.44. The molecule has 0 radical (unpaired) electrons. The third kappa shape index (κ3) is 2.71. The molecule has 1 N–H and O–H groups in total. The van der Waals surface area contributed by atoms with Crippen LogP contribution in [0.1, 0.15) is 12.8 Å². The van der Waals surface area contributed by atoms with Crippen LogP contribution in [0.4, 0.5) is 5.69 Å². The van der Waals surface area contributed by atoms with Gasteiger partial charge >= 0.3 is 0 Å². The quantitative estimate of drug-likeness (QED) is 0.914. The van der Waals surface area contributed by atoms with Gasteiger partial charge in [-0.3, -0.25) is 4.98 Å². The highest BCUT2D eigenvalue weighted by Crippen LogP contribution is 2.25. The van der Waals surface area contributed by atoms with Gasteiger partial charge in [0.15, 0.2) is 0 Å². The molecule has 0 amide bonds. The number of nitrogens with zero attached hydrogens (tertiary/aromatic N) is 2. The molecular weight excluding hydrogens is 234 g/mol. The van der Waals surface area contributed by atoms with E-state index in [2.05, 4.69) is 46.5 Å². The van der Waals surface area contributed by atoms with Crippen LogP contribution in [0.15, 0.2) is 36.5 Å². The normalized spacial score (nSPS) is 19.5. The molecule has 0 spiro atoms. The monoisotopic (exact) mass is 255 g/mol. The van der Waals surface area contributed by atoms with Gasteiger partial charge in [0.1, 0.15) is 0 Å². The molecule has 3 nitrogen and oxygen atoms in total. The summed E-state index contributed by atoms with van der Waals surface area (Å²) in [5, 5.41) is 4.74. The highest BCUT2D eigenvalue weighted by molar-refractivity contribution is 5.91. The smallest absolute Gasteiger partial charge is 0.0722 e. The lowest BCUT2D eigenvalue weighted by molar-refractivity contribution is 0.381. The minimum Gasteiger partial charge on any atom is -0.374 e. The molecule has 100 valence electrons. The number of piperidine rings is 1. The lowest BCUT2D eigenvalue weighted by atomic mass is 9.99. The molecule has 1 aromatic carbocycles. The third-order valence-electron chi connectivity index (χ3n) is 3.97. The number of nitrogens with one attached hydrogen (secondary N) is 1. The number of pyridine rings is 1. The molecule has 0 bridgehead atoms. The Hall–Kier alpha value is -1.61. The fraction of sp³-hybridized carbons (Fsp3) is 0.438. The number of rotatable bonds is 3. The van der Waals surface area contributed by atoms with Gasteiger partial charge in [-0.05, 0) is 44.0 Å². The topological polar surface area (TPSA) is 28.2 Å². The molecule has 19 heavy (non-hydrogen) atoms. The number of hydrogen-bond acceptors (Lipinski definition) is 3. The standard InChI is InChI=1S/C16H21N3/c1-19(12-13-5-4-9-17-11-13)16-8-10-18-15-7-3-2-6-14(15)16/h2-3,6-8,10,13,17H,4-5,9,11-12H2,1H3. The van der Waals surface area contributed by atoms with E-state index in [1.165, 1.54) is 30.5 Å². The summed E-state index contributed by atoms with van der Waals surface area (Å²) in [6, 6.07) is 10.5. The number of para-hydroxylation sites is 1. The number of fused-ring (bicyclic) bond motifs is 1. The summed E-state index contributed by atoms with van der Waals surface area (Å²) in [6.45, 7) is 3.44. The largest absolute Gasteiger partial charge is 0.374 e. The minimum absolute atomic E-state index is 0.755. The van der Waals surface area contributed by atoms with Crippen LogP contribution in [0.2, 0.25) is 0 Å². The van der Waals surface area contributed by atoms with Crippen molar-refractivity contribution in [1.82, 2.24) is 10.3 Å². The Morgan fingerprint density at radius 2 is 2.21 bits per heavy atom. The Morgan fingerprint density at radius 3 is 3.05 bits per heavy atom. The fourth-order valence-corrected chi connectivity index (χ4v) is 2.98. The third-order valence-corrected chi connectivity index (χ3v) is 3.97. The Bertz CT molecular complexity index is 541. The van der Waals surface area contributed by atoms with E-state index in [1.54, 1.807) is 0 Å². The first-order valence-corrected chi connectivity index (χ1v) is 7.10. The number of anilines is 1. The maximum Gasteiger partial charge on any atom is 0.0722 e. The van der Waals surface area contributed by atoms with E-state index >= 15 is 0 Å². The molecule has 1 fully saturated rings. The van der Waals surface area contributed by atoms with Gasteiger partial charge in [-0.2, -0.15) is 0 Å². The van der Waals surface area contributed by atoms with Crippen molar-refractivity contribution in [2.24, 2.45) is 5.92 Å². The van der Waals surface area contributed by atoms with Crippen LogP contribution in [0.3, 0.4) is 0 Å². The second kappa shape index (κ2) is 5.57. The Kier molecular flexibility index (Phi) is 3.65. The van der Waals surface area contributed by atoms with Gasteiger partial charge < -0.3 is 10.2 Å². The van der Waals surface area contributed by atoms with E-state index in [-0.39, 0.29) is 0 Å². The molecule has 2 heterocycles. The van der Waals surface area contributed by atoms with E-state index in [0.29, 0.717) is 0 Å². The summed E-state index contributed by atoms with van der Waals surface area (Å²) in [5.41, 5.74) is 2.37. The average molecular weight is 255 g/mol. The number of benzene rings is 1. The fourth-order valence-electron chi connectivity index (χ4n) is 2.98. The van der Waals surface area contributed by atoms with Crippen molar-refractivity contribution in [1.29, 1.82) is 0 Å². The molecule has 1 unspecified atom stereocenters. The molecule has 1 atom stereocenters. The zero-order chi connectivity index (χ0) is 13.1. The van der Waals surface area contributed by atoms with Gasteiger partial charge in [-0.25, -0.2) is 0 Å². The summed E-state index contributed by atoms with van der Waals surface area (Å²) in [7, 11) is 2.19. The molecule has 1 saturated heterocycles. The molecule has 3 heteroatoms. The van der Waals surface area contributed by atoms with Crippen LogP contribution >= 0.6 is 0 Å². The zero-order valence-corrected chi connectivity index (χ0v) is 11.5. The predicted octanol–water partition coefficient (Wildman–Crippen LogP) is 2.67. The summed E-state index contributed by atoms with van der Waals surface area (Å²) in [6.07, 6.45) is 4.54. The van der Waals surface area contributed by atoms with Crippen molar-refractivity contribution in [2.75, 3.05) is 31.6 Å². The number of aromatic nitrogens is 1. The first-order chi connectivity index (χ1) is 9.34. The number of hydrogen-bond donors (Lipinski definition) is 1. The maximum absolute atomic E-state index is 4.43. The molecule has 0 saturated carbocycles. The Labute approximate surface area is 114 Å². The minimum atomic E-state index is 0.755. The van der Waals surface area contributed by atoms with Crippen molar-refractivity contribution >= 4 is 16.6 Å². The highest BCUT2D eigenvalue weighted by atomic mass is 15.1. The van der Waals surface area contributed by atoms with E-state index in [9.17, 15) is 0 Å². The van der Waals surface area contributed by atoms with Gasteiger partial charge in [-0.1, -0.05) is 18.2 Å². The maximum atomic E-state index is 4.43. The van der Waals surface area contributed by atoms with Crippen LogP contribution in [-0.2, 0) is 0 Å². The van der Waals surface area contributed by atoms with E-state index in [0.717, 1.165) is 24.5 Å². The van der Waals surface area contributed by atoms with Gasteiger partial charge in [-0.15, -0.1) is 0 Å². The Morgan fingerprint density at radius 1 is 1.32 bits per heavy atom. The lowest BCUT2D eigenvalue weighted by Crippen LogP contribution is -2.36. The first-order valence-electron chi connectivity index (χ1n) is 7.10. The van der Waals surface area contributed by atoms with Gasteiger partial charge in [0, 0.05) is 30.9 Å². The van der Waals surface area contributed by atoms with Crippen molar-refractivity contribution in [3.05, 3.63) is 36.5 Å². The summed E-state index contributed by atoms with van der Waals surface area (Å²) < 4.78 is 0. The van der Waals surface area contributed by atoms with Crippen LogP contribution in [0.25, 0.3) is 10.9 Å². The summed E-state index contributed by atoms with van der Waals surface area (Å²) >= 11 is 0. The van der Waals surface area contributed by atoms with Crippen LogP contribution < -0.4 is 10.2 Å². The van der Waals surface area contributed by atoms with Gasteiger partial charge in [0.2, 0.25) is 0 Å². The van der Waals surface area contributed by atoms with Crippen molar-refractivity contribution in [3.63, 3.8) is 0 Å². The van der Waals surface area contributed by atoms with Crippen LogP contribution in [0, 0.1) is 5.92 Å². The zero-order valence-electron chi connectivity index (χ0n) is 11.5. The van der Waals surface area contributed by atoms with Crippen LogP contribution in [0.5, 0.6) is 0 Å². The molecule has 0 aliphatic carbocycles. The van der Waals surface area contributed by atoms with E-state index in [1.807, 2.05) is 12.3 Å². The van der Waals surface area contributed by atoms with Gasteiger partial charge in [0.05, 0.1) is 5.52 Å². The summed E-state index contributed by atoms with van der Waals surface area (Å²) in [5.74, 6) is 0.755. The molecule has 3 rings (SSSR count). The molecular formula is C16H21N3. The second-order valence-electron chi connectivity index (χ2n) is 5.44. The lowest BCUT2D eigenvalue weighted by Gasteiger charge is -2.29. The summed E-state index contributed by atoms with van der Waals surface area (Å²) in [4.78, 5) is 6.81. The highest BCUT2D eigenvalue weighted by Gasteiger charge is 2.16. The van der Waals surface area contributed by atoms with Gasteiger partial charge in [0.25, 0.3) is 0 Å².